The SMILES string of the molecule is CCCCN1CCCc2cc(N=Nc3nnc(C(=O)OC(C)CC)s3)c(NS(=O)(=O)CC(F)(F)F)cc21. The van der Waals surface area contributed by atoms with Crippen LogP contribution in [0, 0.1) is 0 Å². The van der Waals surface area contributed by atoms with E-state index in [1.165, 1.54) is 6.07 Å². The number of hydrogen-bond donors (Lipinski definition) is 1. The van der Waals surface area contributed by atoms with Gasteiger partial charge in [-0.15, -0.1) is 20.4 Å². The van der Waals surface area contributed by atoms with E-state index in [1.807, 2.05) is 18.6 Å². The summed E-state index contributed by atoms with van der Waals surface area (Å²) in [6.45, 7) is 7.14. The van der Waals surface area contributed by atoms with Crippen molar-refractivity contribution in [1.29, 1.82) is 0 Å². The zero-order valence-corrected chi connectivity index (χ0v) is 22.3. The van der Waals surface area contributed by atoms with E-state index in [9.17, 15) is 26.4 Å². The van der Waals surface area contributed by atoms with Crippen LogP contribution in [0.25, 0.3) is 0 Å². The summed E-state index contributed by atoms with van der Waals surface area (Å²) in [5.74, 6) is -2.69. The predicted molar refractivity (Wildman–Crippen MR) is 135 cm³/mol. The number of ether oxygens (including phenoxy) is 1. The fourth-order valence-corrected chi connectivity index (χ4v) is 5.16. The third kappa shape index (κ3) is 8.35. The van der Waals surface area contributed by atoms with E-state index < -0.39 is 27.9 Å². The summed E-state index contributed by atoms with van der Waals surface area (Å²) in [4.78, 5) is 14.2. The zero-order valence-electron chi connectivity index (χ0n) is 20.7. The molecule has 0 aliphatic carbocycles. The van der Waals surface area contributed by atoms with Crippen LogP contribution in [0.4, 0.5) is 35.4 Å². The number of nitrogens with zero attached hydrogens (tertiary/aromatic N) is 5. The number of halogens is 3. The van der Waals surface area contributed by atoms with E-state index in [4.69, 9.17) is 4.74 Å². The number of unbranched alkanes of at least 4 members (excludes halogenated alkanes) is 1. The van der Waals surface area contributed by atoms with Crippen molar-refractivity contribution in [2.45, 2.75) is 65.2 Å². The van der Waals surface area contributed by atoms with Crippen molar-refractivity contribution in [1.82, 2.24) is 10.2 Å². The van der Waals surface area contributed by atoms with Crippen LogP contribution in [0.1, 0.15) is 61.8 Å². The Kier molecular flexibility index (Phi) is 9.45. The molecular formula is C22H29F3N6O4S2. The number of alkyl halides is 3. The lowest BCUT2D eigenvalue weighted by Gasteiger charge is -2.32. The van der Waals surface area contributed by atoms with Gasteiger partial charge in [0.25, 0.3) is 5.13 Å². The van der Waals surface area contributed by atoms with Crippen molar-refractivity contribution in [2.24, 2.45) is 10.2 Å². The largest absolute Gasteiger partial charge is 0.457 e. The van der Waals surface area contributed by atoms with E-state index in [-0.39, 0.29) is 27.6 Å². The number of aromatic nitrogens is 2. The molecule has 0 radical (unpaired) electrons. The second-order valence-electron chi connectivity index (χ2n) is 8.63. The smallest absolute Gasteiger partial charge is 0.404 e. The minimum Gasteiger partial charge on any atom is -0.457 e. The molecule has 1 atom stereocenters. The van der Waals surface area contributed by atoms with Crippen LogP contribution in [0.2, 0.25) is 0 Å². The second kappa shape index (κ2) is 12.2. The molecule has 37 heavy (non-hydrogen) atoms. The van der Waals surface area contributed by atoms with E-state index in [0.717, 1.165) is 54.9 Å². The summed E-state index contributed by atoms with van der Waals surface area (Å²) < 4.78 is 70.3. The first-order chi connectivity index (χ1) is 17.4. The summed E-state index contributed by atoms with van der Waals surface area (Å²) in [6, 6.07) is 3.11. The molecule has 0 spiro atoms. The van der Waals surface area contributed by atoms with Gasteiger partial charge in [-0.3, -0.25) is 4.72 Å². The molecule has 0 fully saturated rings. The van der Waals surface area contributed by atoms with E-state index in [1.54, 1.807) is 13.0 Å². The quantitative estimate of drug-likeness (QED) is 0.272. The van der Waals surface area contributed by atoms with Crippen molar-refractivity contribution in [3.05, 3.63) is 22.7 Å². The maximum atomic E-state index is 12.8. The van der Waals surface area contributed by atoms with Crippen LogP contribution in [0.15, 0.2) is 22.4 Å². The van der Waals surface area contributed by atoms with Gasteiger partial charge in [0, 0.05) is 18.8 Å². The highest BCUT2D eigenvalue weighted by Gasteiger charge is 2.35. The number of rotatable bonds is 11. The number of esters is 1. The Balaban J connectivity index is 1.94. The lowest BCUT2D eigenvalue weighted by Crippen LogP contribution is -2.31. The molecule has 204 valence electrons. The van der Waals surface area contributed by atoms with Crippen LogP contribution in [-0.2, 0) is 21.2 Å². The highest BCUT2D eigenvalue weighted by atomic mass is 32.2. The molecule has 10 nitrogen and oxygen atoms in total. The summed E-state index contributed by atoms with van der Waals surface area (Å²) in [6.07, 6.45) is -1.17. The number of carbonyl (C=O) groups excluding carboxylic acids is 1. The number of aryl methyl sites for hydroxylation is 1. The monoisotopic (exact) mass is 562 g/mol. The normalized spacial score (nSPS) is 15.0. The summed E-state index contributed by atoms with van der Waals surface area (Å²) >= 11 is 0.825. The maximum Gasteiger partial charge on any atom is 0.404 e. The third-order valence-electron chi connectivity index (χ3n) is 5.53. The number of carbonyl (C=O) groups is 1. The maximum absolute atomic E-state index is 12.8. The first kappa shape index (κ1) is 28.8. The van der Waals surface area contributed by atoms with Crippen molar-refractivity contribution >= 4 is 49.5 Å². The topological polar surface area (TPSA) is 126 Å². The van der Waals surface area contributed by atoms with E-state index in [0.29, 0.717) is 12.8 Å². The number of azo groups is 1. The van der Waals surface area contributed by atoms with Gasteiger partial charge >= 0.3 is 12.1 Å². The molecule has 15 heteroatoms. The van der Waals surface area contributed by atoms with Crippen LogP contribution >= 0.6 is 11.3 Å². The van der Waals surface area contributed by atoms with Crippen LogP contribution in [0.3, 0.4) is 0 Å². The Hall–Kier alpha value is -2.81. The number of benzene rings is 1. The van der Waals surface area contributed by atoms with Gasteiger partial charge in [-0.25, -0.2) is 13.2 Å². The van der Waals surface area contributed by atoms with Gasteiger partial charge in [-0.1, -0.05) is 31.6 Å². The van der Waals surface area contributed by atoms with Crippen LogP contribution < -0.4 is 9.62 Å². The average Bonchev–Trinajstić information content (AvgIpc) is 3.28. The second-order valence-corrected chi connectivity index (χ2v) is 11.3. The Labute approximate surface area is 217 Å². The van der Waals surface area contributed by atoms with Crippen molar-refractivity contribution in [3.63, 3.8) is 0 Å². The molecule has 0 saturated carbocycles. The van der Waals surface area contributed by atoms with Crippen molar-refractivity contribution in [2.75, 3.05) is 28.5 Å². The molecule has 1 aromatic heterocycles. The minimum absolute atomic E-state index is 0.00231. The Morgan fingerprint density at radius 2 is 2.03 bits per heavy atom. The van der Waals surface area contributed by atoms with Gasteiger partial charge in [0.15, 0.2) is 5.75 Å². The minimum atomic E-state index is -4.91. The van der Waals surface area contributed by atoms with E-state index >= 15 is 0 Å². The Bertz CT molecular complexity index is 1230. The number of hydrogen-bond acceptors (Lipinski definition) is 10. The standard InChI is InChI=1S/C22H29F3N6O4S2/c1-4-6-9-31-10-7-8-15-11-16(17(12-18(15)31)30-37(33,34)13-22(23,24)25)26-28-21-29-27-19(36-21)20(32)35-14(3)5-2/h11-12,14,30H,4-10,13H2,1-3H3. The molecule has 1 aromatic carbocycles. The van der Waals surface area contributed by atoms with E-state index in [2.05, 4.69) is 25.3 Å². The first-order valence-corrected chi connectivity index (χ1v) is 14.3. The fourth-order valence-electron chi connectivity index (χ4n) is 3.61. The first-order valence-electron chi connectivity index (χ1n) is 11.9. The molecule has 0 amide bonds. The van der Waals surface area contributed by atoms with Gasteiger partial charge in [0.2, 0.25) is 15.0 Å². The molecule has 1 aliphatic rings. The Morgan fingerprint density at radius 1 is 1.27 bits per heavy atom. The molecule has 1 aliphatic heterocycles. The van der Waals surface area contributed by atoms with Crippen molar-refractivity contribution < 1.29 is 31.1 Å². The molecule has 0 saturated heterocycles. The molecule has 3 rings (SSSR count). The average molecular weight is 563 g/mol. The van der Waals surface area contributed by atoms with Crippen molar-refractivity contribution in [3.8, 4) is 0 Å². The summed E-state index contributed by atoms with van der Waals surface area (Å²) in [5.41, 5.74) is 1.52. The van der Waals surface area contributed by atoms with Gasteiger partial charge < -0.3 is 9.64 Å². The lowest BCUT2D eigenvalue weighted by molar-refractivity contribution is -0.106. The molecule has 2 aromatic rings. The molecule has 1 N–H and O–H groups in total. The van der Waals surface area contributed by atoms with Crippen LogP contribution in [0.5, 0.6) is 0 Å². The number of anilines is 2. The molecule has 2 heterocycles. The Morgan fingerprint density at radius 3 is 2.70 bits per heavy atom. The number of sulfonamides is 1. The predicted octanol–water partition coefficient (Wildman–Crippen LogP) is 5.77. The highest BCUT2D eigenvalue weighted by Crippen LogP contribution is 2.39. The third-order valence-corrected chi connectivity index (χ3v) is 7.55. The highest BCUT2D eigenvalue weighted by molar-refractivity contribution is 7.92. The summed E-state index contributed by atoms with van der Waals surface area (Å²) in [5, 5.41) is 15.5. The lowest BCUT2D eigenvalue weighted by atomic mass is 10.00. The molecule has 1 unspecified atom stereocenters. The van der Waals surface area contributed by atoms with Gasteiger partial charge in [-0.05, 0) is 50.3 Å². The van der Waals surface area contributed by atoms with Gasteiger partial charge in [0.1, 0.15) is 5.69 Å². The van der Waals surface area contributed by atoms with Gasteiger partial charge in [-0.2, -0.15) is 13.2 Å². The molecular weight excluding hydrogens is 533 g/mol. The molecule has 0 bridgehead atoms. The fraction of sp³-hybridized carbons (Fsp3) is 0.591. The summed E-state index contributed by atoms with van der Waals surface area (Å²) in [7, 11) is -4.76. The number of fused-ring (bicyclic) bond motifs is 1. The van der Waals surface area contributed by atoms with Gasteiger partial charge in [0.05, 0.1) is 11.8 Å². The number of nitrogens with one attached hydrogen (secondary N) is 1. The zero-order chi connectivity index (χ0) is 27.2. The van der Waals surface area contributed by atoms with Crippen LogP contribution in [-0.4, -0.2) is 55.7 Å².